The lowest BCUT2D eigenvalue weighted by atomic mass is 10.1. The molecule has 2 aromatic carbocycles. The Hall–Kier alpha value is -2.54. The number of nitrogens with one attached hydrogen (secondary N) is 2. The molecule has 0 aromatic heterocycles. The lowest BCUT2D eigenvalue weighted by Gasteiger charge is -2.11. The Bertz CT molecular complexity index is 661. The van der Waals surface area contributed by atoms with Crippen LogP contribution in [0, 0.1) is 17.5 Å². The van der Waals surface area contributed by atoms with E-state index < -0.39 is 23.4 Å². The van der Waals surface area contributed by atoms with Gasteiger partial charge < -0.3 is 10.7 Å². The minimum absolute atomic E-state index is 0.129. The molecule has 0 bridgehead atoms. The maximum atomic E-state index is 13.4. The summed E-state index contributed by atoms with van der Waals surface area (Å²) in [5.74, 6) is 1.29. The molecule has 0 unspecified atom stereocenters. The van der Waals surface area contributed by atoms with Gasteiger partial charge in [0.05, 0.1) is 16.9 Å². The molecule has 0 heterocycles. The molecule has 0 aliphatic heterocycles. The van der Waals surface area contributed by atoms with Gasteiger partial charge >= 0.3 is 0 Å². The first-order valence-electron chi connectivity index (χ1n) is 5.55. The number of anilines is 2. The van der Waals surface area contributed by atoms with E-state index >= 15 is 0 Å². The van der Waals surface area contributed by atoms with Crippen molar-refractivity contribution in [1.29, 1.82) is 0 Å². The Labute approximate surface area is 112 Å². The molecular formula is C13H10F3N3O. The molecule has 0 radical (unpaired) electrons. The lowest BCUT2D eigenvalue weighted by molar-refractivity contribution is 0.102. The number of hydrazine groups is 1. The smallest absolute Gasteiger partial charge is 0.258 e. The van der Waals surface area contributed by atoms with E-state index in [4.69, 9.17) is 5.84 Å². The molecular weight excluding hydrogens is 271 g/mol. The van der Waals surface area contributed by atoms with Crippen LogP contribution in [-0.4, -0.2) is 5.91 Å². The molecule has 2 aromatic rings. The fourth-order valence-electron chi connectivity index (χ4n) is 1.65. The zero-order valence-electron chi connectivity index (χ0n) is 10.1. The highest BCUT2D eigenvalue weighted by atomic mass is 19.2. The van der Waals surface area contributed by atoms with Gasteiger partial charge in [-0.05, 0) is 24.3 Å². The summed E-state index contributed by atoms with van der Waals surface area (Å²) in [6.45, 7) is 0. The van der Waals surface area contributed by atoms with Crippen LogP contribution in [0.15, 0.2) is 36.4 Å². The lowest BCUT2D eigenvalue weighted by Crippen LogP contribution is -2.19. The highest BCUT2D eigenvalue weighted by molar-refractivity contribution is 6.08. The highest BCUT2D eigenvalue weighted by Gasteiger charge is 2.17. The van der Waals surface area contributed by atoms with Gasteiger partial charge in [-0.2, -0.15) is 0 Å². The Morgan fingerprint density at radius 3 is 2.35 bits per heavy atom. The van der Waals surface area contributed by atoms with Gasteiger partial charge in [-0.15, -0.1) is 0 Å². The molecule has 4 N–H and O–H groups in total. The summed E-state index contributed by atoms with van der Waals surface area (Å²) in [4.78, 5) is 11.9. The van der Waals surface area contributed by atoms with Crippen LogP contribution in [0.2, 0.25) is 0 Å². The van der Waals surface area contributed by atoms with Gasteiger partial charge in [0.2, 0.25) is 0 Å². The van der Waals surface area contributed by atoms with Gasteiger partial charge in [0.15, 0.2) is 11.6 Å². The molecule has 2 rings (SSSR count). The second-order valence-corrected chi connectivity index (χ2v) is 3.86. The topological polar surface area (TPSA) is 67.1 Å². The molecule has 1 amide bonds. The second-order valence-electron chi connectivity index (χ2n) is 3.86. The maximum Gasteiger partial charge on any atom is 0.258 e. The average Bonchev–Trinajstić information content (AvgIpc) is 2.43. The fraction of sp³-hybridized carbons (Fsp3) is 0. The number of benzene rings is 2. The van der Waals surface area contributed by atoms with Crippen molar-refractivity contribution in [1.82, 2.24) is 0 Å². The number of rotatable bonds is 3. The molecule has 7 heteroatoms. The number of hydrogen-bond donors (Lipinski definition) is 3. The van der Waals surface area contributed by atoms with Gasteiger partial charge in [-0.25, -0.2) is 13.2 Å². The molecule has 0 saturated carbocycles. The van der Waals surface area contributed by atoms with Gasteiger partial charge in [-0.1, -0.05) is 12.1 Å². The summed E-state index contributed by atoms with van der Waals surface area (Å²) in [6, 6.07) is 7.04. The van der Waals surface area contributed by atoms with E-state index in [0.29, 0.717) is 0 Å². The van der Waals surface area contributed by atoms with E-state index in [0.717, 1.165) is 12.1 Å². The first-order valence-corrected chi connectivity index (χ1v) is 5.55. The van der Waals surface area contributed by atoms with Gasteiger partial charge in [0.1, 0.15) is 5.82 Å². The number of hydrogen-bond acceptors (Lipinski definition) is 3. The average molecular weight is 281 g/mol. The van der Waals surface area contributed by atoms with Crippen LogP contribution >= 0.6 is 0 Å². The predicted octanol–water partition coefficient (Wildman–Crippen LogP) is 2.64. The zero-order chi connectivity index (χ0) is 14.7. The van der Waals surface area contributed by atoms with E-state index in [1.807, 2.05) is 0 Å². The van der Waals surface area contributed by atoms with Gasteiger partial charge in [0.25, 0.3) is 5.91 Å². The Balaban J connectivity index is 2.34. The minimum Gasteiger partial charge on any atom is -0.321 e. The third-order valence-corrected chi connectivity index (χ3v) is 2.60. The van der Waals surface area contributed by atoms with Crippen molar-refractivity contribution >= 4 is 17.3 Å². The van der Waals surface area contributed by atoms with Gasteiger partial charge in [-0.3, -0.25) is 10.6 Å². The van der Waals surface area contributed by atoms with Crippen molar-refractivity contribution in [3.05, 3.63) is 59.4 Å². The molecule has 0 aliphatic rings. The van der Waals surface area contributed by atoms with Crippen LogP contribution in [-0.2, 0) is 0 Å². The maximum absolute atomic E-state index is 13.4. The molecule has 0 spiro atoms. The molecule has 0 fully saturated rings. The van der Waals surface area contributed by atoms with Crippen LogP contribution < -0.4 is 16.6 Å². The standard InChI is InChI=1S/C13H10F3N3O/c14-8-4-2-6-10(11(8)16)18-13(20)7-3-1-5-9(15)12(7)19-17/h1-6,19H,17H2,(H,18,20). The second kappa shape index (κ2) is 5.62. The highest BCUT2D eigenvalue weighted by Crippen LogP contribution is 2.22. The molecule has 4 nitrogen and oxygen atoms in total. The molecule has 20 heavy (non-hydrogen) atoms. The van der Waals surface area contributed by atoms with E-state index in [9.17, 15) is 18.0 Å². The normalized spacial score (nSPS) is 10.2. The SMILES string of the molecule is NNc1c(F)cccc1C(=O)Nc1cccc(F)c1F. The Kier molecular flexibility index (Phi) is 3.90. The van der Waals surface area contributed by atoms with Crippen molar-refractivity contribution in [3.63, 3.8) is 0 Å². The van der Waals surface area contributed by atoms with Crippen molar-refractivity contribution in [2.24, 2.45) is 5.84 Å². The molecule has 0 aliphatic carbocycles. The minimum atomic E-state index is -1.19. The zero-order valence-corrected chi connectivity index (χ0v) is 10.1. The van der Waals surface area contributed by atoms with Crippen LogP contribution in [0.25, 0.3) is 0 Å². The Morgan fingerprint density at radius 2 is 1.65 bits per heavy atom. The largest absolute Gasteiger partial charge is 0.321 e. The van der Waals surface area contributed by atoms with Crippen LogP contribution in [0.4, 0.5) is 24.5 Å². The Morgan fingerprint density at radius 1 is 1.00 bits per heavy atom. The number of nitrogen functional groups attached to an aromatic ring is 1. The van der Waals surface area contributed by atoms with Crippen LogP contribution in [0.1, 0.15) is 10.4 Å². The summed E-state index contributed by atoms with van der Waals surface area (Å²) >= 11 is 0. The third kappa shape index (κ3) is 2.57. The number of carbonyl (C=O) groups excluding carboxylic acids is 1. The van der Waals surface area contributed by atoms with Crippen molar-refractivity contribution in [2.45, 2.75) is 0 Å². The first-order chi connectivity index (χ1) is 9.54. The molecule has 0 atom stereocenters. The number of nitrogens with two attached hydrogens (primary N) is 1. The van der Waals surface area contributed by atoms with Crippen LogP contribution in [0.5, 0.6) is 0 Å². The van der Waals surface area contributed by atoms with Crippen molar-refractivity contribution in [2.75, 3.05) is 10.7 Å². The summed E-state index contributed by atoms with van der Waals surface area (Å²) in [7, 11) is 0. The van der Waals surface area contributed by atoms with E-state index in [2.05, 4.69) is 10.7 Å². The quantitative estimate of drug-likeness (QED) is 0.598. The summed E-state index contributed by atoms with van der Waals surface area (Å²) in [5, 5.41) is 2.15. The van der Waals surface area contributed by atoms with Crippen LogP contribution in [0.3, 0.4) is 0 Å². The summed E-state index contributed by atoms with van der Waals surface area (Å²) in [6.07, 6.45) is 0. The van der Waals surface area contributed by atoms with Gasteiger partial charge in [0, 0.05) is 0 Å². The molecule has 104 valence electrons. The van der Waals surface area contributed by atoms with Crippen molar-refractivity contribution < 1.29 is 18.0 Å². The van der Waals surface area contributed by atoms with E-state index in [1.165, 1.54) is 24.3 Å². The van der Waals surface area contributed by atoms with E-state index in [-0.39, 0.29) is 16.9 Å². The van der Waals surface area contributed by atoms with Crippen molar-refractivity contribution in [3.8, 4) is 0 Å². The van der Waals surface area contributed by atoms with E-state index in [1.54, 1.807) is 0 Å². The predicted molar refractivity (Wildman–Crippen MR) is 68.5 cm³/mol. The molecule has 0 saturated heterocycles. The monoisotopic (exact) mass is 281 g/mol. The first kappa shape index (κ1) is 13.9. The number of para-hydroxylation sites is 1. The third-order valence-electron chi connectivity index (χ3n) is 2.60. The number of halogens is 3. The summed E-state index contributed by atoms with van der Waals surface area (Å²) < 4.78 is 39.9. The number of carbonyl (C=O) groups is 1. The fourth-order valence-corrected chi connectivity index (χ4v) is 1.65. The number of amides is 1. The summed E-state index contributed by atoms with van der Waals surface area (Å²) in [5.41, 5.74) is 1.34.